The van der Waals surface area contributed by atoms with Gasteiger partial charge in [-0.1, -0.05) is 67.3 Å². The summed E-state index contributed by atoms with van der Waals surface area (Å²) >= 11 is 0. The van der Waals surface area contributed by atoms with Crippen LogP contribution < -0.4 is 4.74 Å². The summed E-state index contributed by atoms with van der Waals surface area (Å²) in [4.78, 5) is 12.4. The predicted molar refractivity (Wildman–Crippen MR) is 99.4 cm³/mol. The van der Waals surface area contributed by atoms with E-state index in [0.717, 1.165) is 22.1 Å². The van der Waals surface area contributed by atoms with E-state index in [1.54, 1.807) is 18.2 Å². The van der Waals surface area contributed by atoms with Crippen LogP contribution in [0.15, 0.2) is 85.5 Å². The fourth-order valence-electron chi connectivity index (χ4n) is 2.50. The number of hydrogen-bond acceptors (Lipinski definition) is 2. The second-order valence-electron chi connectivity index (χ2n) is 5.40. The van der Waals surface area contributed by atoms with E-state index < -0.39 is 0 Å². The average Bonchev–Trinajstić information content (AvgIpc) is 2.64. The maximum atomic E-state index is 12.4. The van der Waals surface area contributed by atoms with Gasteiger partial charge in [0.1, 0.15) is 12.4 Å². The van der Waals surface area contributed by atoms with Crippen LogP contribution in [0.5, 0.6) is 5.75 Å². The Labute approximate surface area is 141 Å². The minimum atomic E-state index is -0.0284. The average molecular weight is 314 g/mol. The lowest BCUT2D eigenvalue weighted by Gasteiger charge is -2.06. The first-order valence-electron chi connectivity index (χ1n) is 7.82. The maximum absolute atomic E-state index is 12.4. The highest BCUT2D eigenvalue weighted by Crippen LogP contribution is 2.21. The molecule has 0 radical (unpaired) electrons. The van der Waals surface area contributed by atoms with E-state index in [4.69, 9.17) is 4.74 Å². The van der Waals surface area contributed by atoms with Crippen molar-refractivity contribution >= 4 is 22.6 Å². The molecule has 3 rings (SSSR count). The molecule has 3 aromatic carbocycles. The summed E-state index contributed by atoms with van der Waals surface area (Å²) in [6.45, 7) is 4.08. The standard InChI is InChI=1S/C22H18O2/c1-2-15-24-22-10-6-5-8-18(22)13-14-21(23)20-12-11-17-7-3-4-9-19(17)16-20/h2-14,16H,1,15H2/b14-13+. The summed E-state index contributed by atoms with van der Waals surface area (Å²) in [5, 5.41) is 2.19. The Bertz CT molecular complexity index is 906. The van der Waals surface area contributed by atoms with Crippen LogP contribution in [0, 0.1) is 0 Å². The number of fused-ring (bicyclic) bond motifs is 1. The molecule has 0 spiro atoms. The van der Waals surface area contributed by atoms with Crippen molar-refractivity contribution in [1.29, 1.82) is 0 Å². The van der Waals surface area contributed by atoms with Gasteiger partial charge < -0.3 is 4.74 Å². The minimum Gasteiger partial charge on any atom is -0.489 e. The minimum absolute atomic E-state index is 0.0284. The lowest BCUT2D eigenvalue weighted by Crippen LogP contribution is -1.96. The molecule has 0 saturated heterocycles. The van der Waals surface area contributed by atoms with Gasteiger partial charge in [-0.2, -0.15) is 0 Å². The van der Waals surface area contributed by atoms with Crippen LogP contribution in [0.25, 0.3) is 16.8 Å². The molecule has 0 heterocycles. The van der Waals surface area contributed by atoms with E-state index in [-0.39, 0.29) is 5.78 Å². The van der Waals surface area contributed by atoms with Crippen molar-refractivity contribution < 1.29 is 9.53 Å². The fourth-order valence-corrected chi connectivity index (χ4v) is 2.50. The van der Waals surface area contributed by atoms with Gasteiger partial charge in [-0.15, -0.1) is 0 Å². The molecule has 0 N–H and O–H groups in total. The van der Waals surface area contributed by atoms with E-state index >= 15 is 0 Å². The largest absolute Gasteiger partial charge is 0.489 e. The summed E-state index contributed by atoms with van der Waals surface area (Å²) in [7, 11) is 0. The molecule has 0 saturated carbocycles. The third-order valence-electron chi connectivity index (χ3n) is 3.72. The van der Waals surface area contributed by atoms with Crippen molar-refractivity contribution in [1.82, 2.24) is 0 Å². The van der Waals surface area contributed by atoms with Gasteiger partial charge in [0.05, 0.1) is 0 Å². The van der Waals surface area contributed by atoms with Crippen molar-refractivity contribution in [2.75, 3.05) is 6.61 Å². The third kappa shape index (κ3) is 3.61. The molecule has 3 aromatic rings. The molecule has 0 aliphatic rings. The Hall–Kier alpha value is -3.13. The molecule has 0 unspecified atom stereocenters. The number of allylic oxidation sites excluding steroid dienone is 1. The molecule has 118 valence electrons. The van der Waals surface area contributed by atoms with Crippen molar-refractivity contribution in [2.45, 2.75) is 0 Å². The second kappa shape index (κ2) is 7.42. The van der Waals surface area contributed by atoms with Gasteiger partial charge in [0.15, 0.2) is 5.78 Å². The monoisotopic (exact) mass is 314 g/mol. The number of rotatable bonds is 6. The molecule has 0 bridgehead atoms. The zero-order valence-corrected chi connectivity index (χ0v) is 13.3. The van der Waals surface area contributed by atoms with Crippen LogP contribution in [0.4, 0.5) is 0 Å². The lowest BCUT2D eigenvalue weighted by atomic mass is 10.0. The molecule has 0 aliphatic carbocycles. The molecule has 0 atom stereocenters. The first-order valence-corrected chi connectivity index (χ1v) is 7.82. The molecule has 0 aromatic heterocycles. The van der Waals surface area contributed by atoms with Gasteiger partial charge in [-0.3, -0.25) is 4.79 Å². The van der Waals surface area contributed by atoms with Gasteiger partial charge in [0, 0.05) is 11.1 Å². The highest BCUT2D eigenvalue weighted by atomic mass is 16.5. The van der Waals surface area contributed by atoms with Crippen molar-refractivity contribution in [2.24, 2.45) is 0 Å². The van der Waals surface area contributed by atoms with Crippen molar-refractivity contribution in [3.63, 3.8) is 0 Å². The lowest BCUT2D eigenvalue weighted by molar-refractivity contribution is 0.104. The summed E-state index contributed by atoms with van der Waals surface area (Å²) in [5.74, 6) is 0.708. The Morgan fingerprint density at radius 3 is 2.54 bits per heavy atom. The molecular weight excluding hydrogens is 296 g/mol. The third-order valence-corrected chi connectivity index (χ3v) is 3.72. The Kier molecular flexibility index (Phi) is 4.87. The van der Waals surface area contributed by atoms with Crippen LogP contribution in [0.1, 0.15) is 15.9 Å². The topological polar surface area (TPSA) is 26.3 Å². The number of hydrogen-bond donors (Lipinski definition) is 0. The number of benzene rings is 3. The van der Waals surface area contributed by atoms with Gasteiger partial charge in [0.25, 0.3) is 0 Å². The molecular formula is C22H18O2. The summed E-state index contributed by atoms with van der Waals surface area (Å²) in [6.07, 6.45) is 5.07. The van der Waals surface area contributed by atoms with E-state index in [9.17, 15) is 4.79 Å². The molecule has 24 heavy (non-hydrogen) atoms. The number of carbonyl (C=O) groups excluding carboxylic acids is 1. The second-order valence-corrected chi connectivity index (χ2v) is 5.40. The highest BCUT2D eigenvalue weighted by molar-refractivity contribution is 6.08. The van der Waals surface area contributed by atoms with E-state index in [2.05, 4.69) is 6.58 Å². The molecule has 0 fully saturated rings. The SMILES string of the molecule is C=CCOc1ccccc1/C=C/C(=O)c1ccc2ccccc2c1. The quantitative estimate of drug-likeness (QED) is 0.350. The first-order chi connectivity index (χ1) is 11.8. The molecule has 2 nitrogen and oxygen atoms in total. The van der Waals surface area contributed by atoms with E-state index in [1.165, 1.54) is 0 Å². The zero-order valence-electron chi connectivity index (χ0n) is 13.3. The van der Waals surface area contributed by atoms with Gasteiger partial charge in [-0.05, 0) is 35.1 Å². The van der Waals surface area contributed by atoms with Crippen LogP contribution in [0.3, 0.4) is 0 Å². The Morgan fingerprint density at radius 1 is 0.958 bits per heavy atom. The van der Waals surface area contributed by atoms with Gasteiger partial charge in [0.2, 0.25) is 0 Å². The van der Waals surface area contributed by atoms with Crippen LogP contribution in [-0.4, -0.2) is 12.4 Å². The number of ether oxygens (including phenoxy) is 1. The smallest absolute Gasteiger partial charge is 0.185 e. The Balaban J connectivity index is 1.83. The number of ketones is 1. The predicted octanol–water partition coefficient (Wildman–Crippen LogP) is 5.30. The first kappa shape index (κ1) is 15.8. The van der Waals surface area contributed by atoms with Crippen LogP contribution in [-0.2, 0) is 0 Å². The van der Waals surface area contributed by atoms with Crippen LogP contribution >= 0.6 is 0 Å². The van der Waals surface area contributed by atoms with E-state index in [0.29, 0.717) is 12.2 Å². The Morgan fingerprint density at radius 2 is 1.71 bits per heavy atom. The summed E-state index contributed by atoms with van der Waals surface area (Å²) in [5.41, 5.74) is 1.54. The molecule has 0 aliphatic heterocycles. The molecule has 0 amide bonds. The van der Waals surface area contributed by atoms with E-state index in [1.807, 2.05) is 66.7 Å². The van der Waals surface area contributed by atoms with Gasteiger partial charge in [-0.25, -0.2) is 0 Å². The number of carbonyl (C=O) groups is 1. The summed E-state index contributed by atoms with van der Waals surface area (Å²) < 4.78 is 5.60. The zero-order chi connectivity index (χ0) is 16.8. The highest BCUT2D eigenvalue weighted by Gasteiger charge is 2.04. The van der Waals surface area contributed by atoms with Gasteiger partial charge >= 0.3 is 0 Å². The number of para-hydroxylation sites is 1. The fraction of sp³-hybridized carbons (Fsp3) is 0.0455. The summed E-state index contributed by atoms with van der Waals surface area (Å²) in [6, 6.07) is 21.4. The van der Waals surface area contributed by atoms with Crippen LogP contribution in [0.2, 0.25) is 0 Å². The van der Waals surface area contributed by atoms with Crippen molar-refractivity contribution in [3.05, 3.63) is 96.6 Å². The van der Waals surface area contributed by atoms with Crippen molar-refractivity contribution in [3.8, 4) is 5.75 Å². The maximum Gasteiger partial charge on any atom is 0.185 e. The normalized spacial score (nSPS) is 10.8. The molecule has 2 heteroatoms.